The lowest BCUT2D eigenvalue weighted by molar-refractivity contribution is -0.142. The van der Waals surface area contributed by atoms with Crippen molar-refractivity contribution in [2.75, 3.05) is 13.1 Å². The van der Waals surface area contributed by atoms with Crippen LogP contribution in [0.25, 0.3) is 0 Å². The molecule has 2 bridgehead atoms. The third-order valence-corrected chi connectivity index (χ3v) is 5.59. The zero-order chi connectivity index (χ0) is 12.3. The Kier molecular flexibility index (Phi) is 2.46. The Morgan fingerprint density at radius 1 is 1.00 bits per heavy atom. The smallest absolute Gasteiger partial charge is 0.308 e. The van der Waals surface area contributed by atoms with Gasteiger partial charge in [-0.25, -0.2) is 0 Å². The van der Waals surface area contributed by atoms with E-state index >= 15 is 0 Å². The molecule has 4 nitrogen and oxygen atoms in total. The van der Waals surface area contributed by atoms with Crippen LogP contribution in [0.1, 0.15) is 38.5 Å². The Bertz CT molecular complexity index is 369. The summed E-state index contributed by atoms with van der Waals surface area (Å²) in [7, 11) is 0. The Hall–Kier alpha value is -0.610. The first-order valence-electron chi connectivity index (χ1n) is 7.48. The summed E-state index contributed by atoms with van der Waals surface area (Å²) < 4.78 is 0. The number of carboxylic acid groups (broad SMARTS) is 1. The standard InChI is InChI=1S/C14H22N2O2/c17-14(18)12-7-10-3-4-13(12)16(10)11-5-6-15(8-11)9-1-2-9/h9-13H,1-8H2,(H,17,18). The molecular formula is C14H22N2O2. The summed E-state index contributed by atoms with van der Waals surface area (Å²) in [6, 6.07) is 2.43. The first-order chi connectivity index (χ1) is 8.74. The number of fused-ring (bicyclic) bond motifs is 2. The first-order valence-corrected chi connectivity index (χ1v) is 7.48. The number of rotatable bonds is 3. The maximum absolute atomic E-state index is 11.3. The fourth-order valence-corrected chi connectivity index (χ4v) is 4.65. The van der Waals surface area contributed by atoms with Gasteiger partial charge in [0.25, 0.3) is 0 Å². The predicted molar refractivity (Wildman–Crippen MR) is 67.4 cm³/mol. The molecule has 4 unspecified atom stereocenters. The molecule has 4 heteroatoms. The molecule has 1 saturated carbocycles. The second-order valence-electron chi connectivity index (χ2n) is 6.59. The minimum Gasteiger partial charge on any atom is -0.481 e. The van der Waals surface area contributed by atoms with Gasteiger partial charge in [-0.05, 0) is 38.5 Å². The highest BCUT2D eigenvalue weighted by atomic mass is 16.4. The van der Waals surface area contributed by atoms with E-state index in [1.54, 1.807) is 0 Å². The summed E-state index contributed by atoms with van der Waals surface area (Å²) in [6.45, 7) is 2.44. The van der Waals surface area contributed by atoms with E-state index in [9.17, 15) is 9.90 Å². The van der Waals surface area contributed by atoms with Crippen LogP contribution < -0.4 is 0 Å². The molecule has 1 aliphatic carbocycles. The van der Waals surface area contributed by atoms with Crippen molar-refractivity contribution in [2.24, 2.45) is 5.92 Å². The normalized spacial score (nSPS) is 44.9. The van der Waals surface area contributed by atoms with Crippen LogP contribution in [0.15, 0.2) is 0 Å². The van der Waals surface area contributed by atoms with Crippen molar-refractivity contribution in [3.63, 3.8) is 0 Å². The van der Waals surface area contributed by atoms with Crippen molar-refractivity contribution < 1.29 is 9.90 Å². The summed E-state index contributed by atoms with van der Waals surface area (Å²) in [5, 5.41) is 9.31. The van der Waals surface area contributed by atoms with Gasteiger partial charge in [0.05, 0.1) is 5.92 Å². The van der Waals surface area contributed by atoms with Crippen molar-refractivity contribution in [3.8, 4) is 0 Å². The summed E-state index contributed by atoms with van der Waals surface area (Å²) >= 11 is 0. The van der Waals surface area contributed by atoms with Gasteiger partial charge in [-0.1, -0.05) is 0 Å². The third-order valence-electron chi connectivity index (χ3n) is 5.59. The quantitative estimate of drug-likeness (QED) is 0.816. The summed E-state index contributed by atoms with van der Waals surface area (Å²) in [5.74, 6) is -0.650. The summed E-state index contributed by atoms with van der Waals surface area (Å²) in [5.41, 5.74) is 0. The largest absolute Gasteiger partial charge is 0.481 e. The Morgan fingerprint density at radius 2 is 1.78 bits per heavy atom. The van der Waals surface area contributed by atoms with Crippen LogP contribution in [0.5, 0.6) is 0 Å². The van der Waals surface area contributed by atoms with E-state index < -0.39 is 5.97 Å². The second-order valence-corrected chi connectivity index (χ2v) is 6.59. The summed E-state index contributed by atoms with van der Waals surface area (Å²) in [6.07, 6.45) is 7.28. The van der Waals surface area contributed by atoms with Crippen molar-refractivity contribution in [1.82, 2.24) is 9.80 Å². The molecule has 18 heavy (non-hydrogen) atoms. The van der Waals surface area contributed by atoms with Crippen LogP contribution in [-0.4, -0.2) is 58.1 Å². The van der Waals surface area contributed by atoms with Gasteiger partial charge in [0, 0.05) is 37.3 Å². The van der Waals surface area contributed by atoms with E-state index in [-0.39, 0.29) is 5.92 Å². The van der Waals surface area contributed by atoms with E-state index in [0.717, 1.165) is 18.9 Å². The van der Waals surface area contributed by atoms with Crippen molar-refractivity contribution in [1.29, 1.82) is 0 Å². The van der Waals surface area contributed by atoms with Crippen LogP contribution in [0, 0.1) is 5.92 Å². The maximum atomic E-state index is 11.3. The van der Waals surface area contributed by atoms with Gasteiger partial charge >= 0.3 is 5.97 Å². The lowest BCUT2D eigenvalue weighted by atomic mass is 9.89. The highest BCUT2D eigenvalue weighted by molar-refractivity contribution is 5.71. The number of hydrogen-bond acceptors (Lipinski definition) is 3. The second kappa shape index (κ2) is 3.94. The monoisotopic (exact) mass is 250 g/mol. The average molecular weight is 250 g/mol. The minimum absolute atomic E-state index is 0.0845. The molecule has 4 aliphatic rings. The fraction of sp³-hybridized carbons (Fsp3) is 0.929. The Morgan fingerprint density at radius 3 is 2.44 bits per heavy atom. The van der Waals surface area contributed by atoms with E-state index in [2.05, 4.69) is 9.80 Å². The summed E-state index contributed by atoms with van der Waals surface area (Å²) in [4.78, 5) is 16.5. The van der Waals surface area contributed by atoms with Gasteiger partial charge in [-0.2, -0.15) is 0 Å². The Balaban J connectivity index is 1.47. The first kappa shape index (κ1) is 11.2. The van der Waals surface area contributed by atoms with Crippen LogP contribution in [0.3, 0.4) is 0 Å². The maximum Gasteiger partial charge on any atom is 0.308 e. The molecule has 4 fully saturated rings. The molecule has 0 aromatic heterocycles. The number of carbonyl (C=O) groups is 1. The highest BCUT2D eigenvalue weighted by Crippen LogP contribution is 2.45. The molecule has 0 spiro atoms. The number of hydrogen-bond donors (Lipinski definition) is 1. The van der Waals surface area contributed by atoms with Crippen molar-refractivity contribution in [2.45, 2.75) is 62.7 Å². The zero-order valence-corrected chi connectivity index (χ0v) is 10.8. The molecular weight excluding hydrogens is 228 g/mol. The van der Waals surface area contributed by atoms with Gasteiger partial charge in [0.1, 0.15) is 0 Å². The number of aliphatic carboxylic acids is 1. The molecule has 100 valence electrons. The molecule has 0 amide bonds. The molecule has 3 heterocycles. The Labute approximate surface area is 108 Å². The topological polar surface area (TPSA) is 43.8 Å². The van der Waals surface area contributed by atoms with Gasteiger partial charge in [0.15, 0.2) is 0 Å². The van der Waals surface area contributed by atoms with Crippen LogP contribution in [-0.2, 0) is 4.79 Å². The molecule has 4 rings (SSSR count). The highest BCUT2D eigenvalue weighted by Gasteiger charge is 2.52. The molecule has 0 aromatic rings. The van der Waals surface area contributed by atoms with E-state index in [1.165, 1.54) is 38.8 Å². The van der Waals surface area contributed by atoms with Gasteiger partial charge in [-0.15, -0.1) is 0 Å². The van der Waals surface area contributed by atoms with Crippen LogP contribution in [0.4, 0.5) is 0 Å². The van der Waals surface area contributed by atoms with Gasteiger partial charge in [0.2, 0.25) is 0 Å². The molecule has 1 N–H and O–H groups in total. The number of carboxylic acids is 1. The molecule has 4 atom stereocenters. The van der Waals surface area contributed by atoms with E-state index in [1.807, 2.05) is 0 Å². The zero-order valence-electron chi connectivity index (χ0n) is 10.8. The fourth-order valence-electron chi connectivity index (χ4n) is 4.65. The number of nitrogens with zero attached hydrogens (tertiary/aromatic N) is 2. The molecule has 3 aliphatic heterocycles. The number of likely N-dealkylation sites (tertiary alicyclic amines) is 1. The molecule has 3 saturated heterocycles. The third kappa shape index (κ3) is 1.62. The van der Waals surface area contributed by atoms with Crippen molar-refractivity contribution in [3.05, 3.63) is 0 Å². The molecule has 0 aromatic carbocycles. The van der Waals surface area contributed by atoms with Gasteiger partial charge < -0.3 is 5.11 Å². The van der Waals surface area contributed by atoms with Crippen LogP contribution >= 0.6 is 0 Å². The predicted octanol–water partition coefficient (Wildman–Crippen LogP) is 1.16. The van der Waals surface area contributed by atoms with E-state index in [0.29, 0.717) is 18.1 Å². The molecule has 0 radical (unpaired) electrons. The van der Waals surface area contributed by atoms with Crippen LogP contribution in [0.2, 0.25) is 0 Å². The lowest BCUT2D eigenvalue weighted by Crippen LogP contribution is -2.42. The SMILES string of the molecule is O=C(O)C1CC2CCC1N2C1CCN(C2CC2)C1. The van der Waals surface area contributed by atoms with E-state index in [4.69, 9.17) is 0 Å². The van der Waals surface area contributed by atoms with Gasteiger partial charge in [-0.3, -0.25) is 14.6 Å². The van der Waals surface area contributed by atoms with Crippen molar-refractivity contribution >= 4 is 5.97 Å². The average Bonchev–Trinajstić information content (AvgIpc) is 2.84. The minimum atomic E-state index is -0.566. The lowest BCUT2D eigenvalue weighted by Gasteiger charge is -2.29.